The number of likely N-dealkylation sites (N-methyl/N-ethyl adjacent to an activating group) is 2. The Bertz CT molecular complexity index is 137. The van der Waals surface area contributed by atoms with Gasteiger partial charge >= 0.3 is 0 Å². The van der Waals surface area contributed by atoms with Gasteiger partial charge in [-0.2, -0.15) is 0 Å². The minimum absolute atomic E-state index is 0.0122. The van der Waals surface area contributed by atoms with Crippen molar-refractivity contribution in [3.05, 3.63) is 0 Å². The van der Waals surface area contributed by atoms with E-state index in [1.54, 1.807) is 7.05 Å². The second-order valence-corrected chi connectivity index (χ2v) is 3.30. The lowest BCUT2D eigenvalue weighted by Gasteiger charge is -2.13. The van der Waals surface area contributed by atoms with E-state index in [4.69, 9.17) is 0 Å². The van der Waals surface area contributed by atoms with E-state index >= 15 is 0 Å². The number of nitrogens with one attached hydrogen (secondary N) is 2. The van der Waals surface area contributed by atoms with Gasteiger partial charge in [0, 0.05) is 7.05 Å². The van der Waals surface area contributed by atoms with E-state index < -0.39 is 0 Å². The van der Waals surface area contributed by atoms with E-state index in [-0.39, 0.29) is 11.9 Å². The van der Waals surface area contributed by atoms with E-state index in [0.29, 0.717) is 0 Å². The van der Waals surface area contributed by atoms with E-state index in [0.717, 1.165) is 12.8 Å². The first-order valence-electron chi connectivity index (χ1n) is 5.15. The third kappa shape index (κ3) is 5.64. The lowest BCUT2D eigenvalue weighted by Crippen LogP contribution is -2.40. The fourth-order valence-corrected chi connectivity index (χ4v) is 1.36. The van der Waals surface area contributed by atoms with Gasteiger partial charge in [-0.05, 0) is 13.5 Å². The summed E-state index contributed by atoms with van der Waals surface area (Å²) in [5, 5.41) is 5.67. The van der Waals surface area contributed by atoms with Crippen LogP contribution in [0.3, 0.4) is 0 Å². The Kier molecular flexibility index (Phi) is 7.69. The van der Waals surface area contributed by atoms with Gasteiger partial charge in [0.1, 0.15) is 0 Å². The quantitative estimate of drug-likeness (QED) is 0.588. The average molecular weight is 186 g/mol. The van der Waals surface area contributed by atoms with Gasteiger partial charge in [-0.1, -0.05) is 32.6 Å². The van der Waals surface area contributed by atoms with Crippen LogP contribution in [-0.4, -0.2) is 26.0 Å². The van der Waals surface area contributed by atoms with Crippen molar-refractivity contribution in [2.75, 3.05) is 14.1 Å². The van der Waals surface area contributed by atoms with Gasteiger partial charge in [-0.15, -0.1) is 0 Å². The summed E-state index contributed by atoms with van der Waals surface area (Å²) in [6, 6.07) is -0.0122. The highest BCUT2D eigenvalue weighted by molar-refractivity contribution is 5.81. The standard InChI is InChI=1S/C10H22N2O/c1-4-5-6-7-8-9(11-2)10(13)12-3/h9,11H,4-8H2,1-3H3,(H,12,13)/t9-/m0/s1. The first-order chi connectivity index (χ1) is 6.26. The summed E-state index contributed by atoms with van der Waals surface area (Å²) in [4.78, 5) is 11.2. The Hall–Kier alpha value is -0.570. The van der Waals surface area contributed by atoms with Gasteiger partial charge in [0.2, 0.25) is 5.91 Å². The molecule has 0 heterocycles. The highest BCUT2D eigenvalue weighted by atomic mass is 16.2. The maximum atomic E-state index is 11.2. The largest absolute Gasteiger partial charge is 0.358 e. The van der Waals surface area contributed by atoms with Crippen LogP contribution in [0.15, 0.2) is 0 Å². The van der Waals surface area contributed by atoms with Crippen LogP contribution < -0.4 is 10.6 Å². The van der Waals surface area contributed by atoms with Crippen molar-refractivity contribution in [3.63, 3.8) is 0 Å². The van der Waals surface area contributed by atoms with Crippen LogP contribution >= 0.6 is 0 Å². The lowest BCUT2D eigenvalue weighted by molar-refractivity contribution is -0.122. The summed E-state index contributed by atoms with van der Waals surface area (Å²) in [6.45, 7) is 2.19. The zero-order valence-electron chi connectivity index (χ0n) is 9.02. The van der Waals surface area contributed by atoms with E-state index in [1.165, 1.54) is 19.3 Å². The van der Waals surface area contributed by atoms with Gasteiger partial charge < -0.3 is 10.6 Å². The summed E-state index contributed by atoms with van der Waals surface area (Å²) in [7, 11) is 3.51. The summed E-state index contributed by atoms with van der Waals surface area (Å²) in [5.74, 6) is 0.0963. The molecule has 0 saturated carbocycles. The molecule has 78 valence electrons. The number of hydrogen-bond acceptors (Lipinski definition) is 2. The Labute approximate surface area is 81.3 Å². The van der Waals surface area contributed by atoms with Crippen LogP contribution in [0, 0.1) is 0 Å². The second kappa shape index (κ2) is 8.05. The van der Waals surface area contributed by atoms with Crippen molar-refractivity contribution in [1.82, 2.24) is 10.6 Å². The molecular formula is C10H22N2O. The Morgan fingerprint density at radius 1 is 1.23 bits per heavy atom. The molecule has 3 heteroatoms. The minimum atomic E-state index is -0.0122. The molecular weight excluding hydrogens is 164 g/mol. The molecule has 0 radical (unpaired) electrons. The Morgan fingerprint density at radius 3 is 2.38 bits per heavy atom. The van der Waals surface area contributed by atoms with E-state index in [2.05, 4.69) is 17.6 Å². The molecule has 3 nitrogen and oxygen atoms in total. The molecule has 0 spiro atoms. The predicted molar refractivity (Wildman–Crippen MR) is 55.7 cm³/mol. The molecule has 0 aromatic heterocycles. The normalized spacial score (nSPS) is 12.5. The average Bonchev–Trinajstić information content (AvgIpc) is 2.17. The highest BCUT2D eigenvalue weighted by Crippen LogP contribution is 2.05. The number of unbranched alkanes of at least 4 members (excludes halogenated alkanes) is 3. The number of amides is 1. The van der Waals surface area contributed by atoms with Crippen LogP contribution in [-0.2, 0) is 4.79 Å². The Morgan fingerprint density at radius 2 is 1.92 bits per heavy atom. The van der Waals surface area contributed by atoms with Crippen LogP contribution in [0.25, 0.3) is 0 Å². The summed E-state index contributed by atoms with van der Waals surface area (Å²) < 4.78 is 0. The summed E-state index contributed by atoms with van der Waals surface area (Å²) in [6.07, 6.45) is 5.81. The SMILES string of the molecule is CCCCCC[C@H](NC)C(=O)NC. The van der Waals surface area contributed by atoms with Gasteiger partial charge in [-0.3, -0.25) is 4.79 Å². The minimum Gasteiger partial charge on any atom is -0.358 e. The maximum Gasteiger partial charge on any atom is 0.236 e. The molecule has 0 aromatic carbocycles. The molecule has 0 rings (SSSR count). The Balaban J connectivity index is 3.53. The second-order valence-electron chi connectivity index (χ2n) is 3.30. The monoisotopic (exact) mass is 186 g/mol. The fraction of sp³-hybridized carbons (Fsp3) is 0.900. The van der Waals surface area contributed by atoms with Crippen molar-refractivity contribution in [3.8, 4) is 0 Å². The highest BCUT2D eigenvalue weighted by Gasteiger charge is 2.12. The first kappa shape index (κ1) is 12.4. The van der Waals surface area contributed by atoms with Crippen molar-refractivity contribution in [2.24, 2.45) is 0 Å². The lowest BCUT2D eigenvalue weighted by atomic mass is 10.1. The smallest absolute Gasteiger partial charge is 0.236 e. The number of hydrogen-bond donors (Lipinski definition) is 2. The number of carbonyl (C=O) groups is 1. The molecule has 0 aliphatic carbocycles. The molecule has 0 aromatic rings. The van der Waals surface area contributed by atoms with Crippen LogP contribution in [0.4, 0.5) is 0 Å². The van der Waals surface area contributed by atoms with Gasteiger partial charge in [0.05, 0.1) is 6.04 Å². The molecule has 0 bridgehead atoms. The molecule has 0 aliphatic heterocycles. The topological polar surface area (TPSA) is 41.1 Å². The van der Waals surface area contributed by atoms with Crippen LogP contribution in [0.5, 0.6) is 0 Å². The fourth-order valence-electron chi connectivity index (χ4n) is 1.36. The maximum absolute atomic E-state index is 11.2. The van der Waals surface area contributed by atoms with Crippen molar-refractivity contribution >= 4 is 5.91 Å². The molecule has 0 unspecified atom stereocenters. The zero-order chi connectivity index (χ0) is 10.1. The molecule has 0 aliphatic rings. The molecule has 1 atom stereocenters. The predicted octanol–water partition coefficient (Wildman–Crippen LogP) is 1.29. The molecule has 2 N–H and O–H groups in total. The zero-order valence-corrected chi connectivity index (χ0v) is 9.02. The van der Waals surface area contributed by atoms with Gasteiger partial charge in [0.15, 0.2) is 0 Å². The third-order valence-corrected chi connectivity index (χ3v) is 2.26. The molecule has 0 fully saturated rings. The molecule has 1 amide bonds. The molecule has 13 heavy (non-hydrogen) atoms. The summed E-state index contributed by atoms with van der Waals surface area (Å²) >= 11 is 0. The van der Waals surface area contributed by atoms with Crippen molar-refractivity contribution in [1.29, 1.82) is 0 Å². The van der Waals surface area contributed by atoms with Crippen LogP contribution in [0.2, 0.25) is 0 Å². The van der Waals surface area contributed by atoms with E-state index in [1.807, 2.05) is 7.05 Å². The number of carbonyl (C=O) groups excluding carboxylic acids is 1. The van der Waals surface area contributed by atoms with Crippen LogP contribution in [0.1, 0.15) is 39.0 Å². The third-order valence-electron chi connectivity index (χ3n) is 2.26. The van der Waals surface area contributed by atoms with Gasteiger partial charge in [-0.25, -0.2) is 0 Å². The van der Waals surface area contributed by atoms with Crippen molar-refractivity contribution < 1.29 is 4.79 Å². The molecule has 0 saturated heterocycles. The summed E-state index contributed by atoms with van der Waals surface area (Å²) in [5.41, 5.74) is 0. The number of rotatable bonds is 7. The van der Waals surface area contributed by atoms with Crippen molar-refractivity contribution in [2.45, 2.75) is 45.1 Å². The first-order valence-corrected chi connectivity index (χ1v) is 5.15. The van der Waals surface area contributed by atoms with Gasteiger partial charge in [0.25, 0.3) is 0 Å². The van der Waals surface area contributed by atoms with E-state index in [9.17, 15) is 4.79 Å².